The van der Waals surface area contributed by atoms with Crippen LogP contribution < -0.4 is 14.8 Å². The molecular weight excluding hydrogens is 294 g/mol. The molecule has 0 spiro atoms. The predicted molar refractivity (Wildman–Crippen MR) is 77.3 cm³/mol. The molecule has 0 atom stereocenters. The average molecular weight is 317 g/mol. The number of nitrogens with two attached hydrogens (primary N) is 1. The molecule has 4 heteroatoms. The zero-order valence-corrected chi connectivity index (χ0v) is 13.0. The minimum Gasteiger partial charge on any atom is -0.490 e. The molecule has 0 saturated carbocycles. The lowest BCUT2D eigenvalue weighted by atomic mass is 10.2. The van der Waals surface area contributed by atoms with Crippen LogP contribution in [0.1, 0.15) is 32.3 Å². The smallest absolute Gasteiger partial charge is 0.175 e. The summed E-state index contributed by atoms with van der Waals surface area (Å²) in [7, 11) is 2.06. The SMILES string of the molecule is CCCCOc1c(Br)cc(C[NH2+]C)cc1OCC. The molecule has 0 aliphatic carbocycles. The highest BCUT2D eigenvalue weighted by Gasteiger charge is 2.12. The van der Waals surface area contributed by atoms with Crippen LogP contribution in [0, 0.1) is 0 Å². The third kappa shape index (κ3) is 4.50. The largest absolute Gasteiger partial charge is 0.490 e. The van der Waals surface area contributed by atoms with Gasteiger partial charge >= 0.3 is 0 Å². The van der Waals surface area contributed by atoms with Crippen LogP contribution in [-0.2, 0) is 6.54 Å². The van der Waals surface area contributed by atoms with Gasteiger partial charge in [-0.3, -0.25) is 0 Å². The van der Waals surface area contributed by atoms with Gasteiger partial charge in [-0.25, -0.2) is 0 Å². The number of halogens is 1. The van der Waals surface area contributed by atoms with Crippen molar-refractivity contribution in [2.24, 2.45) is 0 Å². The highest BCUT2D eigenvalue weighted by molar-refractivity contribution is 9.10. The summed E-state index contributed by atoms with van der Waals surface area (Å²) in [6.45, 7) is 6.46. The number of quaternary nitrogens is 1. The molecule has 0 amide bonds. The van der Waals surface area contributed by atoms with E-state index in [0.29, 0.717) is 6.61 Å². The molecular formula is C14H23BrNO2+. The molecule has 2 N–H and O–H groups in total. The van der Waals surface area contributed by atoms with Crippen LogP contribution in [0.25, 0.3) is 0 Å². The molecule has 0 unspecified atom stereocenters. The van der Waals surface area contributed by atoms with Crippen molar-refractivity contribution >= 4 is 15.9 Å². The quantitative estimate of drug-likeness (QED) is 0.748. The highest BCUT2D eigenvalue weighted by atomic mass is 79.9. The van der Waals surface area contributed by atoms with Crippen LogP contribution in [-0.4, -0.2) is 20.3 Å². The van der Waals surface area contributed by atoms with Crippen LogP contribution >= 0.6 is 15.9 Å². The zero-order chi connectivity index (χ0) is 13.4. The summed E-state index contributed by atoms with van der Waals surface area (Å²) in [4.78, 5) is 0. The third-order valence-electron chi connectivity index (χ3n) is 2.55. The van der Waals surface area contributed by atoms with E-state index in [-0.39, 0.29) is 0 Å². The lowest BCUT2D eigenvalue weighted by molar-refractivity contribution is -0.643. The Morgan fingerprint density at radius 1 is 1.22 bits per heavy atom. The monoisotopic (exact) mass is 316 g/mol. The summed E-state index contributed by atoms with van der Waals surface area (Å²) in [5, 5.41) is 2.13. The number of hydrogen-bond donors (Lipinski definition) is 1. The standard InChI is InChI=1S/C14H22BrNO2/c1-4-6-7-18-14-12(15)8-11(10-16-3)9-13(14)17-5-2/h8-9,16H,4-7,10H2,1-3H3/p+1. The number of rotatable bonds is 8. The Balaban J connectivity index is 2.90. The van der Waals surface area contributed by atoms with Gasteiger partial charge in [0.25, 0.3) is 0 Å². The minimum absolute atomic E-state index is 0.649. The van der Waals surface area contributed by atoms with Gasteiger partial charge in [-0.05, 0) is 41.4 Å². The second-order valence-corrected chi connectivity index (χ2v) is 5.01. The molecule has 0 aliphatic rings. The molecule has 1 rings (SSSR count). The van der Waals surface area contributed by atoms with Crippen molar-refractivity contribution in [2.75, 3.05) is 20.3 Å². The molecule has 18 heavy (non-hydrogen) atoms. The fraction of sp³-hybridized carbons (Fsp3) is 0.571. The Morgan fingerprint density at radius 2 is 2.00 bits per heavy atom. The van der Waals surface area contributed by atoms with E-state index in [2.05, 4.69) is 47.4 Å². The Kier molecular flexibility index (Phi) is 7.13. The first-order chi connectivity index (χ1) is 8.72. The van der Waals surface area contributed by atoms with Crippen LogP contribution in [0.5, 0.6) is 11.5 Å². The van der Waals surface area contributed by atoms with Crippen molar-refractivity contribution < 1.29 is 14.8 Å². The summed E-state index contributed by atoms with van der Waals surface area (Å²) < 4.78 is 12.5. The van der Waals surface area contributed by atoms with E-state index in [1.54, 1.807) is 0 Å². The summed E-state index contributed by atoms with van der Waals surface area (Å²) in [6, 6.07) is 4.17. The van der Waals surface area contributed by atoms with E-state index in [0.717, 1.165) is 42.0 Å². The first kappa shape index (κ1) is 15.3. The molecule has 0 saturated heterocycles. The van der Waals surface area contributed by atoms with Crippen LogP contribution in [0.4, 0.5) is 0 Å². The molecule has 0 bridgehead atoms. The second-order valence-electron chi connectivity index (χ2n) is 4.15. The Labute approximate surface area is 118 Å². The van der Waals surface area contributed by atoms with Crippen molar-refractivity contribution in [3.05, 3.63) is 22.2 Å². The van der Waals surface area contributed by atoms with E-state index >= 15 is 0 Å². The second kappa shape index (κ2) is 8.38. The van der Waals surface area contributed by atoms with Gasteiger partial charge in [-0.1, -0.05) is 13.3 Å². The first-order valence-electron chi connectivity index (χ1n) is 6.58. The van der Waals surface area contributed by atoms with Gasteiger partial charge in [0.2, 0.25) is 0 Å². The van der Waals surface area contributed by atoms with Gasteiger partial charge in [-0.15, -0.1) is 0 Å². The Bertz CT molecular complexity index is 369. The van der Waals surface area contributed by atoms with Crippen molar-refractivity contribution in [2.45, 2.75) is 33.2 Å². The van der Waals surface area contributed by atoms with Gasteiger partial charge in [0.05, 0.1) is 24.7 Å². The van der Waals surface area contributed by atoms with Crippen molar-refractivity contribution in [1.29, 1.82) is 0 Å². The van der Waals surface area contributed by atoms with Gasteiger partial charge in [0, 0.05) is 5.56 Å². The summed E-state index contributed by atoms with van der Waals surface area (Å²) in [5.41, 5.74) is 1.23. The van der Waals surface area contributed by atoms with Gasteiger partial charge in [-0.2, -0.15) is 0 Å². The van der Waals surface area contributed by atoms with Crippen molar-refractivity contribution in [1.82, 2.24) is 0 Å². The van der Waals surface area contributed by atoms with Crippen LogP contribution in [0.3, 0.4) is 0 Å². The predicted octanol–water partition coefficient (Wildman–Crippen LogP) is 2.72. The third-order valence-corrected chi connectivity index (χ3v) is 3.14. The Morgan fingerprint density at radius 3 is 2.61 bits per heavy atom. The lowest BCUT2D eigenvalue weighted by Gasteiger charge is -2.14. The van der Waals surface area contributed by atoms with Crippen LogP contribution in [0.2, 0.25) is 0 Å². The molecule has 1 aromatic carbocycles. The van der Waals surface area contributed by atoms with E-state index in [9.17, 15) is 0 Å². The molecule has 1 aromatic rings. The van der Waals surface area contributed by atoms with Crippen LogP contribution in [0.15, 0.2) is 16.6 Å². The molecule has 3 nitrogen and oxygen atoms in total. The lowest BCUT2D eigenvalue weighted by Crippen LogP contribution is -2.77. The molecule has 0 aromatic heterocycles. The normalized spacial score (nSPS) is 10.4. The van der Waals surface area contributed by atoms with Gasteiger partial charge in [0.15, 0.2) is 11.5 Å². The minimum atomic E-state index is 0.649. The zero-order valence-electron chi connectivity index (χ0n) is 11.5. The fourth-order valence-corrected chi connectivity index (χ4v) is 2.30. The number of ether oxygens (including phenoxy) is 2. The molecule has 0 fully saturated rings. The van der Waals surface area contributed by atoms with Gasteiger partial charge < -0.3 is 14.8 Å². The number of hydrogen-bond acceptors (Lipinski definition) is 2. The summed E-state index contributed by atoms with van der Waals surface area (Å²) in [6.07, 6.45) is 2.19. The maximum absolute atomic E-state index is 5.81. The Hall–Kier alpha value is -0.740. The number of benzene rings is 1. The molecule has 0 radical (unpaired) electrons. The van der Waals surface area contributed by atoms with E-state index in [4.69, 9.17) is 9.47 Å². The van der Waals surface area contributed by atoms with E-state index in [1.807, 2.05) is 6.92 Å². The van der Waals surface area contributed by atoms with E-state index < -0.39 is 0 Å². The number of unbranched alkanes of at least 4 members (excludes halogenated alkanes) is 1. The topological polar surface area (TPSA) is 35.1 Å². The fourth-order valence-electron chi connectivity index (χ4n) is 1.70. The summed E-state index contributed by atoms with van der Waals surface area (Å²) in [5.74, 6) is 1.66. The van der Waals surface area contributed by atoms with E-state index in [1.165, 1.54) is 5.56 Å². The molecule has 0 aliphatic heterocycles. The van der Waals surface area contributed by atoms with Crippen molar-refractivity contribution in [3.8, 4) is 11.5 Å². The maximum Gasteiger partial charge on any atom is 0.175 e. The van der Waals surface area contributed by atoms with Gasteiger partial charge in [0.1, 0.15) is 6.54 Å². The molecule has 102 valence electrons. The maximum atomic E-state index is 5.81. The average Bonchev–Trinajstić information content (AvgIpc) is 2.33. The highest BCUT2D eigenvalue weighted by Crippen LogP contribution is 2.36. The summed E-state index contributed by atoms with van der Waals surface area (Å²) >= 11 is 3.57. The molecule has 0 heterocycles. The first-order valence-corrected chi connectivity index (χ1v) is 7.38. The van der Waals surface area contributed by atoms with Crippen molar-refractivity contribution in [3.63, 3.8) is 0 Å².